The van der Waals surface area contributed by atoms with E-state index >= 15 is 0 Å². The van der Waals surface area contributed by atoms with E-state index in [1.54, 1.807) is 12.2 Å². The molecule has 3 rings (SSSR count). The zero-order chi connectivity index (χ0) is 23.3. The van der Waals surface area contributed by atoms with E-state index in [1.807, 2.05) is 6.08 Å². The molecule has 1 amide bonds. The van der Waals surface area contributed by atoms with Crippen LogP contribution in [0.3, 0.4) is 0 Å². The van der Waals surface area contributed by atoms with Crippen LogP contribution >= 0.6 is 0 Å². The maximum absolute atomic E-state index is 13.4. The summed E-state index contributed by atoms with van der Waals surface area (Å²) in [4.78, 5) is 15.5. The van der Waals surface area contributed by atoms with Gasteiger partial charge in [0.1, 0.15) is 0 Å². The first-order valence-corrected chi connectivity index (χ1v) is 12.8. The molecule has 0 spiro atoms. The summed E-state index contributed by atoms with van der Waals surface area (Å²) < 4.78 is 0. The van der Waals surface area contributed by atoms with Gasteiger partial charge in [0.15, 0.2) is 0 Å². The molecule has 1 aliphatic heterocycles. The van der Waals surface area contributed by atoms with Crippen molar-refractivity contribution in [1.82, 2.24) is 10.1 Å². The smallest absolute Gasteiger partial charge is 0.229 e. The Hall–Kier alpha value is -1.59. The van der Waals surface area contributed by atoms with Crippen LogP contribution < -0.4 is 0 Å². The summed E-state index contributed by atoms with van der Waals surface area (Å²) >= 11 is 0. The van der Waals surface area contributed by atoms with Crippen molar-refractivity contribution in [2.45, 2.75) is 72.6 Å². The standard InChI is InChI=1S/C27H43N2O3/c1-19(2)24(14-11-21(4)25-7-5-6-8-26(25)29(31)32)27(30)28-17-15-23(16-18-28)22-12-9-20(3)10-13-22/h5-6,8,11,14,19-25,31H,7,9-10,12-13,15-18H2,1-4H3/q-1/b14-11+/t20?,21?,22?,24-,25?/m1/s1. The third-order valence-electron chi connectivity index (χ3n) is 8.23. The lowest BCUT2D eigenvalue weighted by atomic mass is 9.73. The van der Waals surface area contributed by atoms with Gasteiger partial charge in [-0.3, -0.25) is 10.0 Å². The van der Waals surface area contributed by atoms with E-state index in [4.69, 9.17) is 0 Å². The van der Waals surface area contributed by atoms with Crippen LogP contribution in [0.4, 0.5) is 0 Å². The second kappa shape index (κ2) is 11.5. The molecule has 0 aromatic carbocycles. The van der Waals surface area contributed by atoms with Crippen molar-refractivity contribution in [1.29, 1.82) is 0 Å². The summed E-state index contributed by atoms with van der Waals surface area (Å²) in [6, 6.07) is 0. The number of carbonyl (C=O) groups is 1. The van der Waals surface area contributed by atoms with Crippen LogP contribution in [0.2, 0.25) is 0 Å². The highest BCUT2D eigenvalue weighted by molar-refractivity contribution is 5.81. The van der Waals surface area contributed by atoms with Crippen molar-refractivity contribution < 1.29 is 10.0 Å². The highest BCUT2D eigenvalue weighted by atomic mass is 16.8. The highest BCUT2D eigenvalue weighted by Gasteiger charge is 2.33. The average molecular weight is 444 g/mol. The first kappa shape index (κ1) is 25.0. The number of amides is 1. The van der Waals surface area contributed by atoms with Gasteiger partial charge < -0.3 is 15.3 Å². The maximum atomic E-state index is 13.4. The highest BCUT2D eigenvalue weighted by Crippen LogP contribution is 2.38. The molecule has 1 N–H and O–H groups in total. The molecule has 1 heterocycles. The van der Waals surface area contributed by atoms with Gasteiger partial charge in [0, 0.05) is 24.7 Å². The van der Waals surface area contributed by atoms with Gasteiger partial charge >= 0.3 is 0 Å². The van der Waals surface area contributed by atoms with E-state index in [-0.39, 0.29) is 34.8 Å². The largest absolute Gasteiger partial charge is 0.734 e. The van der Waals surface area contributed by atoms with Crippen molar-refractivity contribution in [3.8, 4) is 0 Å². The summed E-state index contributed by atoms with van der Waals surface area (Å²) in [5.41, 5.74) is 0.385. The molecule has 3 aliphatic rings. The Morgan fingerprint density at radius 1 is 1.09 bits per heavy atom. The Balaban J connectivity index is 1.57. The second-order valence-electron chi connectivity index (χ2n) is 10.8. The molecule has 5 nitrogen and oxygen atoms in total. The van der Waals surface area contributed by atoms with E-state index in [2.05, 4.69) is 44.7 Å². The van der Waals surface area contributed by atoms with Crippen molar-refractivity contribution >= 4 is 5.91 Å². The zero-order valence-electron chi connectivity index (χ0n) is 20.5. The third-order valence-corrected chi connectivity index (χ3v) is 8.23. The number of hydrogen-bond acceptors (Lipinski definition) is 4. The molecule has 3 atom stereocenters. The quantitative estimate of drug-likeness (QED) is 0.378. The lowest BCUT2D eigenvalue weighted by Gasteiger charge is -2.40. The number of allylic oxidation sites excluding steroid dienone is 5. The van der Waals surface area contributed by atoms with E-state index in [1.165, 1.54) is 25.7 Å². The maximum Gasteiger partial charge on any atom is 0.229 e. The molecule has 0 aromatic rings. The molecule has 0 bridgehead atoms. The van der Waals surface area contributed by atoms with Crippen LogP contribution in [0.25, 0.3) is 0 Å². The summed E-state index contributed by atoms with van der Waals surface area (Å²) in [5, 5.41) is 20.9. The van der Waals surface area contributed by atoms with Crippen LogP contribution in [0, 0.1) is 46.6 Å². The Kier molecular flexibility index (Phi) is 9.01. The van der Waals surface area contributed by atoms with Crippen LogP contribution in [-0.2, 0) is 4.79 Å². The Morgan fingerprint density at radius 2 is 1.72 bits per heavy atom. The molecular formula is C27H43N2O3-. The van der Waals surface area contributed by atoms with Gasteiger partial charge in [0.25, 0.3) is 0 Å². The predicted molar refractivity (Wildman–Crippen MR) is 129 cm³/mol. The number of rotatable bonds is 7. The fraction of sp³-hybridized carbons (Fsp3) is 0.741. The van der Waals surface area contributed by atoms with Gasteiger partial charge in [-0.15, -0.1) is 0 Å². The monoisotopic (exact) mass is 443 g/mol. The van der Waals surface area contributed by atoms with E-state index in [0.717, 1.165) is 43.7 Å². The van der Waals surface area contributed by atoms with Gasteiger partial charge in [-0.1, -0.05) is 64.8 Å². The molecule has 5 heteroatoms. The minimum Gasteiger partial charge on any atom is -0.734 e. The van der Waals surface area contributed by atoms with Crippen LogP contribution in [0.5, 0.6) is 0 Å². The Morgan fingerprint density at radius 3 is 2.31 bits per heavy atom. The van der Waals surface area contributed by atoms with E-state index in [9.17, 15) is 15.2 Å². The number of hydroxylamine groups is 2. The average Bonchev–Trinajstić information content (AvgIpc) is 2.79. The summed E-state index contributed by atoms with van der Waals surface area (Å²) in [6.45, 7) is 10.4. The summed E-state index contributed by atoms with van der Waals surface area (Å²) in [7, 11) is 0. The van der Waals surface area contributed by atoms with Gasteiger partial charge in [-0.25, -0.2) is 0 Å². The minimum absolute atomic E-state index is 0.0132. The predicted octanol–water partition coefficient (Wildman–Crippen LogP) is 6.16. The minimum atomic E-state index is -0.145. The van der Waals surface area contributed by atoms with Crippen molar-refractivity contribution in [3.05, 3.63) is 41.3 Å². The van der Waals surface area contributed by atoms with Gasteiger partial charge in [-0.2, -0.15) is 0 Å². The van der Waals surface area contributed by atoms with Crippen LogP contribution in [-0.4, -0.2) is 34.3 Å². The van der Waals surface area contributed by atoms with Crippen molar-refractivity contribution in [2.75, 3.05) is 13.1 Å². The molecule has 1 saturated heterocycles. The first-order valence-electron chi connectivity index (χ1n) is 12.8. The molecule has 2 fully saturated rings. The molecule has 2 aliphatic carbocycles. The molecule has 0 radical (unpaired) electrons. The van der Waals surface area contributed by atoms with Gasteiger partial charge in [0.2, 0.25) is 5.91 Å². The fourth-order valence-electron chi connectivity index (χ4n) is 5.90. The van der Waals surface area contributed by atoms with Gasteiger partial charge in [0.05, 0.1) is 5.92 Å². The molecule has 1 saturated carbocycles. The third kappa shape index (κ3) is 6.26. The molecule has 0 aromatic heterocycles. The normalized spacial score (nSPS) is 29.3. The van der Waals surface area contributed by atoms with Crippen molar-refractivity contribution in [3.63, 3.8) is 0 Å². The number of carbonyl (C=O) groups excluding carboxylic acids is 1. The van der Waals surface area contributed by atoms with E-state index < -0.39 is 0 Å². The zero-order valence-corrected chi connectivity index (χ0v) is 20.5. The molecule has 32 heavy (non-hydrogen) atoms. The van der Waals surface area contributed by atoms with Crippen LogP contribution in [0.1, 0.15) is 72.6 Å². The molecular weight excluding hydrogens is 400 g/mol. The topological polar surface area (TPSA) is 66.8 Å². The first-order chi connectivity index (χ1) is 15.3. The van der Waals surface area contributed by atoms with Gasteiger partial charge in [-0.05, 0) is 67.8 Å². The lowest BCUT2D eigenvalue weighted by molar-refractivity contribution is -0.137. The summed E-state index contributed by atoms with van der Waals surface area (Å²) in [5.74, 6) is 2.85. The number of hydrogen-bond donors (Lipinski definition) is 1. The number of likely N-dealkylation sites (tertiary alicyclic amines) is 1. The number of nitrogens with zero attached hydrogens (tertiary/aromatic N) is 2. The Bertz CT molecular complexity index is 696. The molecule has 180 valence electrons. The fourth-order valence-corrected chi connectivity index (χ4v) is 5.90. The number of piperidine rings is 1. The van der Waals surface area contributed by atoms with Crippen LogP contribution in [0.15, 0.2) is 36.1 Å². The SMILES string of the molecule is CC1CCC(C2CCN(C(=O)[C@H](/C=C/C(C)C3CC=CC=C3N([O-])O)C(C)C)CC2)CC1. The van der Waals surface area contributed by atoms with Crippen molar-refractivity contribution in [2.24, 2.45) is 41.4 Å². The molecule has 2 unspecified atom stereocenters. The summed E-state index contributed by atoms with van der Waals surface area (Å²) in [6.07, 6.45) is 18.1. The van der Waals surface area contributed by atoms with E-state index in [0.29, 0.717) is 12.1 Å². The lowest BCUT2D eigenvalue weighted by Crippen LogP contribution is -2.44. The second-order valence-corrected chi connectivity index (χ2v) is 10.8. The Labute approximate surface area is 194 Å².